The van der Waals surface area contributed by atoms with Crippen molar-refractivity contribution in [3.05, 3.63) is 107 Å². The van der Waals surface area contributed by atoms with E-state index in [2.05, 4.69) is 5.32 Å². The predicted octanol–water partition coefficient (Wildman–Crippen LogP) is 3.27. The normalized spacial score (nSPS) is 15.6. The van der Waals surface area contributed by atoms with Gasteiger partial charge in [-0.05, 0) is 29.2 Å². The third-order valence-electron chi connectivity index (χ3n) is 6.21. The minimum absolute atomic E-state index is 0.101. The highest BCUT2D eigenvalue weighted by atomic mass is 16.6. The molecule has 1 aliphatic heterocycles. The maximum atomic E-state index is 13.4. The number of hydrogen-bond acceptors (Lipinski definition) is 4. The largest absolute Gasteiger partial charge is 0.445 e. The quantitative estimate of drug-likeness (QED) is 0.552. The van der Waals surface area contributed by atoms with Crippen LogP contribution in [-0.4, -0.2) is 34.9 Å². The van der Waals surface area contributed by atoms with Crippen LogP contribution in [0.4, 0.5) is 4.79 Å². The second-order valence-electron chi connectivity index (χ2n) is 8.81. The first kappa shape index (κ1) is 24.0. The summed E-state index contributed by atoms with van der Waals surface area (Å²) in [6.07, 6.45) is -0.000603. The van der Waals surface area contributed by atoms with Gasteiger partial charge in [0, 0.05) is 12.8 Å². The molecule has 0 aliphatic carbocycles. The molecule has 3 N–H and O–H groups in total. The molecule has 0 radical (unpaired) electrons. The fraction of sp³-hybridized carbons (Fsp3) is 0.250. The van der Waals surface area contributed by atoms with Crippen LogP contribution in [0, 0.1) is 6.92 Å². The Morgan fingerprint density at radius 3 is 2.29 bits per heavy atom. The smallest absolute Gasteiger partial charge is 0.411 e. The molecular weight excluding hydrogens is 442 g/mol. The lowest BCUT2D eigenvalue weighted by Crippen LogP contribution is -2.56. The molecule has 7 heteroatoms. The van der Waals surface area contributed by atoms with Crippen molar-refractivity contribution in [3.8, 4) is 0 Å². The van der Waals surface area contributed by atoms with Gasteiger partial charge in [0.15, 0.2) is 0 Å². The van der Waals surface area contributed by atoms with Crippen LogP contribution in [0.25, 0.3) is 0 Å². The lowest BCUT2D eigenvalue weighted by molar-refractivity contribution is -0.131. The summed E-state index contributed by atoms with van der Waals surface area (Å²) in [5.74, 6) is -1.07. The van der Waals surface area contributed by atoms with E-state index in [4.69, 9.17) is 10.5 Å². The monoisotopic (exact) mass is 471 g/mol. The van der Waals surface area contributed by atoms with Crippen LogP contribution in [0.3, 0.4) is 0 Å². The minimum atomic E-state index is -0.899. The van der Waals surface area contributed by atoms with Crippen molar-refractivity contribution in [2.45, 2.75) is 45.0 Å². The van der Waals surface area contributed by atoms with Gasteiger partial charge in [0.25, 0.3) is 0 Å². The van der Waals surface area contributed by atoms with Crippen molar-refractivity contribution >= 4 is 17.9 Å². The summed E-state index contributed by atoms with van der Waals surface area (Å²) >= 11 is 0. The molecule has 35 heavy (non-hydrogen) atoms. The molecule has 1 heterocycles. The Balaban J connectivity index is 1.51. The highest BCUT2D eigenvalue weighted by molar-refractivity contribution is 5.91. The number of ether oxygens (including phenoxy) is 1. The van der Waals surface area contributed by atoms with Crippen molar-refractivity contribution in [2.24, 2.45) is 5.73 Å². The van der Waals surface area contributed by atoms with Gasteiger partial charge in [-0.3, -0.25) is 14.5 Å². The molecule has 0 saturated carbocycles. The number of aryl methyl sites for hydroxylation is 1. The first-order chi connectivity index (χ1) is 16.9. The number of amides is 3. The van der Waals surface area contributed by atoms with Crippen molar-refractivity contribution in [1.29, 1.82) is 0 Å². The molecule has 7 nitrogen and oxygen atoms in total. The van der Waals surface area contributed by atoms with Crippen LogP contribution >= 0.6 is 0 Å². The van der Waals surface area contributed by atoms with Gasteiger partial charge in [-0.15, -0.1) is 0 Å². The number of nitrogens with zero attached hydrogens (tertiary/aromatic N) is 1. The summed E-state index contributed by atoms with van der Waals surface area (Å²) in [4.78, 5) is 40.0. The number of nitrogens with one attached hydrogen (secondary N) is 1. The summed E-state index contributed by atoms with van der Waals surface area (Å²) in [5.41, 5.74) is 10.4. The highest BCUT2D eigenvalue weighted by Crippen LogP contribution is 2.25. The maximum Gasteiger partial charge on any atom is 0.411 e. The lowest BCUT2D eigenvalue weighted by Gasteiger charge is -2.35. The molecule has 0 fully saturated rings. The van der Waals surface area contributed by atoms with Gasteiger partial charge in [0.05, 0.1) is 6.54 Å². The fourth-order valence-corrected chi connectivity index (χ4v) is 4.20. The molecule has 3 aromatic rings. The Labute approximate surface area is 204 Å². The molecular formula is C28H29N3O4. The third-order valence-corrected chi connectivity index (χ3v) is 6.21. The topological polar surface area (TPSA) is 102 Å². The molecule has 0 spiro atoms. The fourth-order valence-electron chi connectivity index (χ4n) is 4.20. The van der Waals surface area contributed by atoms with Crippen LogP contribution in [0.5, 0.6) is 0 Å². The van der Waals surface area contributed by atoms with Crippen LogP contribution in [0.1, 0.15) is 27.8 Å². The van der Waals surface area contributed by atoms with Gasteiger partial charge in [0.2, 0.25) is 11.8 Å². The Hall–Kier alpha value is -4.13. The number of nitrogens with two attached hydrogens (primary N) is 1. The van der Waals surface area contributed by atoms with Crippen LogP contribution in [0.15, 0.2) is 78.9 Å². The van der Waals surface area contributed by atoms with E-state index >= 15 is 0 Å². The summed E-state index contributed by atoms with van der Waals surface area (Å²) < 4.78 is 5.54. The molecule has 0 aromatic heterocycles. The van der Waals surface area contributed by atoms with E-state index in [1.165, 1.54) is 4.90 Å². The number of rotatable bonds is 7. The van der Waals surface area contributed by atoms with E-state index in [-0.39, 0.29) is 19.6 Å². The summed E-state index contributed by atoms with van der Waals surface area (Å²) in [6, 6.07) is 23.0. The van der Waals surface area contributed by atoms with Gasteiger partial charge in [-0.2, -0.15) is 0 Å². The Morgan fingerprint density at radius 1 is 0.943 bits per heavy atom. The molecule has 1 aliphatic rings. The van der Waals surface area contributed by atoms with Gasteiger partial charge < -0.3 is 15.8 Å². The summed E-state index contributed by atoms with van der Waals surface area (Å²) in [7, 11) is 0. The molecule has 2 atom stereocenters. The van der Waals surface area contributed by atoms with Crippen molar-refractivity contribution in [1.82, 2.24) is 10.2 Å². The van der Waals surface area contributed by atoms with Crippen molar-refractivity contribution in [3.63, 3.8) is 0 Å². The molecule has 0 saturated heterocycles. The van der Waals surface area contributed by atoms with Crippen LogP contribution in [-0.2, 0) is 40.3 Å². The zero-order valence-corrected chi connectivity index (χ0v) is 19.6. The van der Waals surface area contributed by atoms with Gasteiger partial charge in [-0.1, -0.05) is 84.4 Å². The molecule has 0 bridgehead atoms. The molecule has 3 aromatic carbocycles. The van der Waals surface area contributed by atoms with Gasteiger partial charge in [-0.25, -0.2) is 4.79 Å². The minimum Gasteiger partial charge on any atom is -0.445 e. The van der Waals surface area contributed by atoms with E-state index < -0.39 is 30.0 Å². The zero-order valence-electron chi connectivity index (χ0n) is 19.6. The lowest BCUT2D eigenvalue weighted by atomic mass is 9.93. The SMILES string of the molecule is Cc1ccc(C[C@H](NC(=O)[C@@H]2Cc3ccccc3CN2C(=O)OCc2ccccc2)C(N)=O)cc1. The second-order valence-corrected chi connectivity index (χ2v) is 8.81. The highest BCUT2D eigenvalue weighted by Gasteiger charge is 2.37. The third kappa shape index (κ3) is 6.06. The van der Waals surface area contributed by atoms with E-state index in [0.29, 0.717) is 6.42 Å². The standard InChI is InChI=1S/C28H29N3O4/c1-19-11-13-20(14-12-19)15-24(26(29)32)30-27(33)25-16-22-9-5-6-10-23(22)17-31(25)28(34)35-18-21-7-3-2-4-8-21/h2-14,24-25H,15-18H2,1H3,(H2,29,32)(H,30,33)/t24-,25-/m0/s1. The second kappa shape index (κ2) is 10.9. The molecule has 0 unspecified atom stereocenters. The molecule has 180 valence electrons. The van der Waals surface area contributed by atoms with E-state index in [0.717, 1.165) is 27.8 Å². The van der Waals surface area contributed by atoms with Crippen LogP contribution in [0.2, 0.25) is 0 Å². The first-order valence-electron chi connectivity index (χ1n) is 11.6. The number of hydrogen-bond donors (Lipinski definition) is 2. The van der Waals surface area contributed by atoms with Gasteiger partial charge >= 0.3 is 6.09 Å². The van der Waals surface area contributed by atoms with Crippen LogP contribution < -0.4 is 11.1 Å². The first-order valence-corrected chi connectivity index (χ1v) is 11.6. The number of primary amides is 1. The number of carbonyl (C=O) groups is 3. The van der Waals surface area contributed by atoms with E-state index in [1.807, 2.05) is 85.8 Å². The molecule has 3 amide bonds. The Morgan fingerprint density at radius 2 is 1.60 bits per heavy atom. The Bertz CT molecular complexity index is 1190. The van der Waals surface area contributed by atoms with Gasteiger partial charge in [0.1, 0.15) is 18.7 Å². The zero-order chi connectivity index (χ0) is 24.8. The molecule has 4 rings (SSSR count). The predicted molar refractivity (Wildman–Crippen MR) is 132 cm³/mol. The summed E-state index contributed by atoms with van der Waals surface area (Å²) in [5, 5.41) is 2.78. The van der Waals surface area contributed by atoms with Crippen molar-refractivity contribution < 1.29 is 19.1 Å². The average Bonchev–Trinajstić information content (AvgIpc) is 2.87. The number of fused-ring (bicyclic) bond motifs is 1. The Kier molecular flexibility index (Phi) is 7.45. The van der Waals surface area contributed by atoms with E-state index in [1.54, 1.807) is 0 Å². The number of benzene rings is 3. The maximum absolute atomic E-state index is 13.4. The number of carbonyl (C=O) groups excluding carboxylic acids is 3. The summed E-state index contributed by atoms with van der Waals surface area (Å²) in [6.45, 7) is 2.31. The van der Waals surface area contributed by atoms with E-state index in [9.17, 15) is 14.4 Å². The van der Waals surface area contributed by atoms with Crippen molar-refractivity contribution in [2.75, 3.05) is 0 Å². The average molecular weight is 472 g/mol.